The molecule has 0 saturated heterocycles. The second-order valence-corrected chi connectivity index (χ2v) is 31.1. The van der Waals surface area contributed by atoms with Crippen molar-refractivity contribution in [2.24, 2.45) is 0 Å². The van der Waals surface area contributed by atoms with E-state index < -0.39 is 6.67 Å². The number of aromatic nitrogens is 8. The van der Waals surface area contributed by atoms with Gasteiger partial charge < -0.3 is 9.47 Å². The maximum atomic E-state index is 12.9. The smallest absolute Gasteiger partial charge is 0.130 e. The Kier molecular flexibility index (Phi) is 26.6. The second-order valence-electron chi connectivity index (χ2n) is 14.8. The zero-order valence-corrected chi connectivity index (χ0v) is 51.2. The number of nitrogens with one attached hydrogen (secondary N) is 1. The third-order valence-electron chi connectivity index (χ3n) is 10.2. The van der Waals surface area contributed by atoms with Crippen LogP contribution in [0, 0.1) is 0 Å². The number of aryl methyl sites for hydroxylation is 1. The second kappa shape index (κ2) is 32.4. The number of hydrogen-bond acceptors (Lipinski definition) is 8. The van der Waals surface area contributed by atoms with Gasteiger partial charge in [0.15, 0.2) is 0 Å². The van der Waals surface area contributed by atoms with Crippen LogP contribution in [0.1, 0.15) is 24.7 Å². The first-order valence-electron chi connectivity index (χ1n) is 21.7. The number of halogens is 8. The summed E-state index contributed by atoms with van der Waals surface area (Å²) >= 11 is 9.54. The van der Waals surface area contributed by atoms with Crippen molar-refractivity contribution >= 4 is 120 Å². The minimum atomic E-state index is -0.466. The van der Waals surface area contributed by atoms with Gasteiger partial charge in [-0.05, 0) is 115 Å². The van der Waals surface area contributed by atoms with E-state index in [1.54, 1.807) is 36.4 Å². The van der Waals surface area contributed by atoms with E-state index >= 15 is 0 Å². The first kappa shape index (κ1) is 58.2. The summed E-state index contributed by atoms with van der Waals surface area (Å²) < 4.78 is 37.1. The van der Waals surface area contributed by atoms with Gasteiger partial charge in [0.1, 0.15) is 37.1 Å². The van der Waals surface area contributed by atoms with Gasteiger partial charge in [-0.25, -0.2) is 14.4 Å². The molecule has 1 N–H and O–H groups in total. The number of nitrogens with zero attached hydrogens (tertiary/aromatic N) is 7. The van der Waals surface area contributed by atoms with E-state index in [9.17, 15) is 8.78 Å². The van der Waals surface area contributed by atoms with Crippen molar-refractivity contribution in [2.75, 3.05) is 13.3 Å². The Labute approximate surface area is 482 Å². The van der Waals surface area contributed by atoms with Crippen LogP contribution >= 0.6 is 98.4 Å². The number of fused-ring (bicyclic) bond motifs is 2. The van der Waals surface area contributed by atoms with Crippen LogP contribution in [-0.4, -0.2) is 53.3 Å². The van der Waals surface area contributed by atoms with Crippen molar-refractivity contribution in [1.82, 2.24) is 39.9 Å². The Balaban J connectivity index is 0.000000225. The van der Waals surface area contributed by atoms with Gasteiger partial charge in [0.25, 0.3) is 0 Å². The van der Waals surface area contributed by atoms with E-state index in [4.69, 9.17) is 9.47 Å². The van der Waals surface area contributed by atoms with E-state index in [2.05, 4.69) is 128 Å². The molecule has 10 nitrogen and oxygen atoms in total. The molecule has 0 unspecified atom stereocenters. The third kappa shape index (κ3) is 17.7. The van der Waals surface area contributed by atoms with Crippen LogP contribution in [0.3, 0.4) is 0 Å². The number of pyridine rings is 4. The van der Waals surface area contributed by atoms with Crippen molar-refractivity contribution in [1.29, 1.82) is 0 Å². The summed E-state index contributed by atoms with van der Waals surface area (Å²) in [6.07, 6.45) is 11.4. The minimum absolute atomic E-state index is 0. The van der Waals surface area contributed by atoms with Crippen LogP contribution in [-0.2, 0) is 19.8 Å². The van der Waals surface area contributed by atoms with Crippen LogP contribution in [0.5, 0.6) is 11.5 Å². The number of H-pyrrole nitrogens is 1. The monoisotopic (exact) mass is 1630 g/mol. The zero-order valence-electron chi connectivity index (χ0n) is 38.1. The van der Waals surface area contributed by atoms with E-state index in [0.717, 1.165) is 89.5 Å². The summed E-state index contributed by atoms with van der Waals surface area (Å²) in [5.74, 6) is 1.55. The molecular weight excluding hydrogens is 1580 g/mol. The molecule has 10 aromatic rings. The molecule has 368 valence electrons. The first-order chi connectivity index (χ1) is 34.5. The van der Waals surface area contributed by atoms with Crippen LogP contribution in [0.4, 0.5) is 8.78 Å². The summed E-state index contributed by atoms with van der Waals surface area (Å²) in [6.45, 7) is 2.19. The molecule has 0 aliphatic rings. The molecule has 10 rings (SSSR count). The van der Waals surface area contributed by atoms with Crippen molar-refractivity contribution < 1.29 is 31.5 Å². The predicted octanol–water partition coefficient (Wildman–Crippen LogP) is 13.5. The largest absolute Gasteiger partial charge is 0.487 e. The molecule has 6 heterocycles. The first-order valence-corrected chi connectivity index (χ1v) is 40.6. The van der Waals surface area contributed by atoms with Crippen LogP contribution in [0.25, 0.3) is 66.6 Å². The standard InChI is InChI=1S/C26H21FN4O.C24H18N4O.C3H7F.I3.I2.HI/c27-13-16-31-17-24(19-11-14-28-15-12-19)26(30-31)21-6-9-23(10-7-21)32-18-22-8-5-20-3-1-2-4-25(20)29-22;1-2-4-23-18(3-1)5-8-20(27-23)16-29-21-9-6-19(7-10-21)24-22(15-26-28-24)17-11-13-25-14-12-17;1-2-3-4;1-3-2;1-2;/h1-12,14-15,17H,13,16,18H2;1-15H,16H2,(H,26,28);2-3H2,1H3;;;1H/q;;;-1;;. The maximum Gasteiger partial charge on any atom is 0.130 e. The molecule has 0 saturated carbocycles. The Hall–Kier alpha value is -3.74. The summed E-state index contributed by atoms with van der Waals surface area (Å²) in [4.78, 5) is 17.5. The van der Waals surface area contributed by atoms with Crippen molar-refractivity contribution in [3.05, 3.63) is 194 Å². The minimum Gasteiger partial charge on any atom is -0.487 e. The average molecular weight is 1630 g/mol. The van der Waals surface area contributed by atoms with Crippen molar-refractivity contribution in [3.8, 4) is 56.3 Å². The van der Waals surface area contributed by atoms with Crippen molar-refractivity contribution in [2.45, 2.75) is 33.1 Å². The predicted molar refractivity (Wildman–Crippen MR) is 324 cm³/mol. The molecule has 4 aromatic carbocycles. The number of para-hydroxylation sites is 2. The molecule has 0 bridgehead atoms. The molecule has 6 aromatic heterocycles. The molecule has 0 aliphatic heterocycles. The van der Waals surface area contributed by atoms with Crippen LogP contribution in [0.2, 0.25) is 0 Å². The molecule has 0 fully saturated rings. The van der Waals surface area contributed by atoms with E-state index in [1.165, 1.54) is 0 Å². The van der Waals surface area contributed by atoms with Gasteiger partial charge in [0, 0.05) is 101 Å². The summed E-state index contributed by atoms with van der Waals surface area (Å²) in [5, 5.41) is 14.1. The molecule has 71 heavy (non-hydrogen) atoms. The Morgan fingerprint density at radius 3 is 1.52 bits per heavy atom. The SMILES string of the molecule is CCCF.FCCn1cc(-c2ccncc2)c(-c2ccc(OCc3ccc4ccccc4n3)cc2)n1.I.II.I[I-]I.c1ccc2nc(COc3ccc(-c4[nH]ncc4-c4ccncc4)cc3)ccc2c1. The quantitative estimate of drug-likeness (QED) is 0.114. The summed E-state index contributed by atoms with van der Waals surface area (Å²) in [6, 6.07) is 47.8. The van der Waals surface area contributed by atoms with Gasteiger partial charge >= 0.3 is 50.5 Å². The number of aromatic amines is 1. The number of ether oxygens (including phenoxy) is 2. The Morgan fingerprint density at radius 2 is 1.04 bits per heavy atom. The normalized spacial score (nSPS) is 10.2. The molecule has 0 amide bonds. The van der Waals surface area contributed by atoms with Gasteiger partial charge in [0.05, 0.1) is 47.5 Å². The fraction of sp³-hybridized carbons (Fsp3) is 0.132. The van der Waals surface area contributed by atoms with Gasteiger partial charge in [0.2, 0.25) is 0 Å². The van der Waals surface area contributed by atoms with E-state index in [1.807, 2.05) is 140 Å². The van der Waals surface area contributed by atoms with Gasteiger partial charge in [-0.3, -0.25) is 24.1 Å². The number of hydrogen-bond donors (Lipinski definition) is 1. The molecule has 0 atom stereocenters. The van der Waals surface area contributed by atoms with E-state index in [-0.39, 0.29) is 37.2 Å². The van der Waals surface area contributed by atoms with Gasteiger partial charge in [-0.1, -0.05) is 55.5 Å². The molecule has 0 spiro atoms. The Morgan fingerprint density at radius 1 is 0.577 bits per heavy atom. The number of rotatable bonds is 13. The van der Waals surface area contributed by atoms with E-state index in [0.29, 0.717) is 32.9 Å². The topological polar surface area (TPSA) is 117 Å². The fourth-order valence-corrected chi connectivity index (χ4v) is 6.95. The molecular formula is C53H47F2I6N8O2-. The number of alkyl halides is 2. The fourth-order valence-electron chi connectivity index (χ4n) is 6.95. The third-order valence-corrected chi connectivity index (χ3v) is 10.2. The Bertz CT molecular complexity index is 3080. The summed E-state index contributed by atoms with van der Waals surface area (Å²) in [7, 11) is 0. The number of benzene rings is 4. The van der Waals surface area contributed by atoms with Crippen LogP contribution in [0.15, 0.2) is 183 Å². The van der Waals surface area contributed by atoms with Gasteiger partial charge in [-0.15, -0.1) is 24.0 Å². The van der Waals surface area contributed by atoms with Gasteiger partial charge in [-0.2, -0.15) is 10.2 Å². The maximum absolute atomic E-state index is 12.9. The van der Waals surface area contributed by atoms with Crippen molar-refractivity contribution in [3.63, 3.8) is 0 Å². The summed E-state index contributed by atoms with van der Waals surface area (Å²) in [5.41, 5.74) is 11.5. The molecule has 0 aliphatic carbocycles. The molecule has 0 radical (unpaired) electrons. The average Bonchev–Trinajstić information content (AvgIpc) is 4.10. The zero-order chi connectivity index (χ0) is 49.3. The van der Waals surface area contributed by atoms with Crippen LogP contribution < -0.4 is 22.7 Å². The molecule has 18 heteroatoms.